The first-order chi connectivity index (χ1) is 11.6. The van der Waals surface area contributed by atoms with Crippen molar-refractivity contribution in [1.82, 2.24) is 5.32 Å². The van der Waals surface area contributed by atoms with Gasteiger partial charge in [0.1, 0.15) is 5.75 Å². The predicted octanol–water partition coefficient (Wildman–Crippen LogP) is 3.21. The van der Waals surface area contributed by atoms with Crippen molar-refractivity contribution in [1.29, 1.82) is 0 Å². The van der Waals surface area contributed by atoms with Gasteiger partial charge in [-0.25, -0.2) is 0 Å². The Morgan fingerprint density at radius 2 is 1.96 bits per heavy atom. The average Bonchev–Trinajstić information content (AvgIpc) is 2.91. The lowest BCUT2D eigenvalue weighted by molar-refractivity contribution is -0.118. The van der Waals surface area contributed by atoms with E-state index >= 15 is 0 Å². The van der Waals surface area contributed by atoms with E-state index in [0.29, 0.717) is 22.2 Å². The largest absolute Gasteiger partial charge is 0.507 e. The van der Waals surface area contributed by atoms with Crippen LogP contribution < -0.4 is 5.32 Å². The van der Waals surface area contributed by atoms with Crippen molar-refractivity contribution in [2.45, 2.75) is 11.7 Å². The summed E-state index contributed by atoms with van der Waals surface area (Å²) in [5.41, 5.74) is 1.60. The van der Waals surface area contributed by atoms with E-state index in [1.54, 1.807) is 36.4 Å². The second-order valence-electron chi connectivity index (χ2n) is 5.13. The molecule has 1 unspecified atom stereocenters. The molecule has 0 bridgehead atoms. The molecule has 1 heterocycles. The van der Waals surface area contributed by atoms with Crippen LogP contribution in [0.15, 0.2) is 58.7 Å². The Bertz CT molecular complexity index is 806. The molecule has 0 aromatic heterocycles. The molecule has 1 atom stereocenters. The summed E-state index contributed by atoms with van der Waals surface area (Å²) >= 11 is 7.20. The molecular weight excluding hydrogens is 346 g/mol. The van der Waals surface area contributed by atoms with Gasteiger partial charge < -0.3 is 10.4 Å². The van der Waals surface area contributed by atoms with Crippen molar-refractivity contribution in [3.05, 3.63) is 64.7 Å². The van der Waals surface area contributed by atoms with Crippen molar-refractivity contribution >= 4 is 40.7 Å². The summed E-state index contributed by atoms with van der Waals surface area (Å²) in [5, 5.41) is 21.2. The van der Waals surface area contributed by atoms with Crippen LogP contribution in [-0.4, -0.2) is 27.6 Å². The number of aromatic hydroxyl groups is 1. The van der Waals surface area contributed by atoms with Crippen LogP contribution in [0.5, 0.6) is 5.75 Å². The van der Waals surface area contributed by atoms with E-state index in [1.807, 2.05) is 12.1 Å². The first-order valence-electron chi connectivity index (χ1n) is 7.23. The van der Waals surface area contributed by atoms with Gasteiger partial charge >= 0.3 is 0 Å². The number of nitrogens with one attached hydrogen (secondary N) is 1. The highest BCUT2D eigenvalue weighted by Gasteiger charge is 2.30. The number of phenols is 1. The minimum Gasteiger partial charge on any atom is -0.507 e. The maximum atomic E-state index is 12.0. The van der Waals surface area contributed by atoms with Gasteiger partial charge in [-0.2, -0.15) is 5.10 Å². The molecule has 0 saturated carbocycles. The molecule has 1 aliphatic rings. The average molecular weight is 360 g/mol. The highest BCUT2D eigenvalue weighted by molar-refractivity contribution is 8.15. The Labute approximate surface area is 148 Å². The zero-order valence-corrected chi connectivity index (χ0v) is 14.1. The van der Waals surface area contributed by atoms with Crippen LogP contribution in [0.1, 0.15) is 11.1 Å². The lowest BCUT2D eigenvalue weighted by Crippen LogP contribution is -2.25. The van der Waals surface area contributed by atoms with Crippen molar-refractivity contribution in [2.75, 3.05) is 0 Å². The van der Waals surface area contributed by atoms with E-state index in [0.717, 1.165) is 5.56 Å². The molecule has 2 aromatic rings. The Balaban J connectivity index is 1.63. The number of amides is 1. The number of nitrogens with zero attached hydrogens (tertiary/aromatic N) is 2. The van der Waals surface area contributed by atoms with Crippen LogP contribution in [0.25, 0.3) is 0 Å². The number of hydrogen-bond acceptors (Lipinski definition) is 5. The minimum absolute atomic E-state index is 0.0912. The van der Waals surface area contributed by atoms with Gasteiger partial charge in [-0.3, -0.25) is 4.79 Å². The lowest BCUT2D eigenvalue weighted by Gasteiger charge is -2.05. The quantitative estimate of drug-likeness (QED) is 0.650. The topological polar surface area (TPSA) is 74.0 Å². The first-order valence-corrected chi connectivity index (χ1v) is 8.48. The monoisotopic (exact) mass is 359 g/mol. The van der Waals surface area contributed by atoms with Gasteiger partial charge in [0.05, 0.1) is 11.5 Å². The van der Waals surface area contributed by atoms with Gasteiger partial charge in [0.15, 0.2) is 5.17 Å². The number of hydrogen-bond donors (Lipinski definition) is 2. The van der Waals surface area contributed by atoms with Crippen LogP contribution >= 0.6 is 23.4 Å². The number of halogens is 1. The Morgan fingerprint density at radius 3 is 2.71 bits per heavy atom. The maximum absolute atomic E-state index is 12.0. The molecule has 0 radical (unpaired) electrons. The summed E-state index contributed by atoms with van der Waals surface area (Å²) in [6, 6.07) is 14.2. The van der Waals surface area contributed by atoms with Crippen LogP contribution in [0, 0.1) is 0 Å². The van der Waals surface area contributed by atoms with E-state index in [1.165, 1.54) is 18.0 Å². The molecule has 2 aromatic carbocycles. The third-order valence-corrected chi connectivity index (χ3v) is 4.72. The Hall–Kier alpha value is -2.31. The zero-order valence-electron chi connectivity index (χ0n) is 12.5. The number of carbonyl (C=O) groups is 1. The van der Waals surface area contributed by atoms with Crippen LogP contribution in [-0.2, 0) is 11.2 Å². The fourth-order valence-corrected chi connectivity index (χ4v) is 3.25. The standard InChI is InChI=1S/C17H14ClN3O2S/c18-13-7-5-11(6-8-13)9-15-16(23)20-17(24-15)21-19-10-12-3-1-2-4-14(12)22/h1-8,10,15,22H,9H2,(H,20,21,23)/b19-10+. The molecule has 5 nitrogen and oxygen atoms in total. The molecule has 1 fully saturated rings. The first kappa shape index (κ1) is 16.5. The molecule has 24 heavy (non-hydrogen) atoms. The number of phenolic OH excluding ortho intramolecular Hbond substituents is 1. The molecule has 2 N–H and O–H groups in total. The van der Waals surface area contributed by atoms with Gasteiger partial charge in [0.25, 0.3) is 0 Å². The zero-order chi connectivity index (χ0) is 16.9. The van der Waals surface area contributed by atoms with Crippen LogP contribution in [0.3, 0.4) is 0 Å². The summed E-state index contributed by atoms with van der Waals surface area (Å²) < 4.78 is 0. The maximum Gasteiger partial charge on any atom is 0.239 e. The fourth-order valence-electron chi connectivity index (χ4n) is 2.16. The summed E-state index contributed by atoms with van der Waals surface area (Å²) in [6.07, 6.45) is 2.04. The van der Waals surface area contributed by atoms with E-state index in [9.17, 15) is 9.90 Å². The molecule has 0 aliphatic carbocycles. The number of carbonyl (C=O) groups excluding carboxylic acids is 1. The van der Waals surface area contributed by atoms with Crippen molar-refractivity contribution in [3.8, 4) is 5.75 Å². The van der Waals surface area contributed by atoms with E-state index in [-0.39, 0.29) is 16.9 Å². The lowest BCUT2D eigenvalue weighted by atomic mass is 10.1. The summed E-state index contributed by atoms with van der Waals surface area (Å²) in [5.74, 6) is 0.0385. The summed E-state index contributed by atoms with van der Waals surface area (Å²) in [7, 11) is 0. The molecule has 1 amide bonds. The number of para-hydroxylation sites is 1. The van der Waals surface area contributed by atoms with Gasteiger partial charge in [-0.1, -0.05) is 47.6 Å². The SMILES string of the molecule is O=C1N/C(=N/N=C/c2ccccc2O)SC1Cc1ccc(Cl)cc1. The van der Waals surface area contributed by atoms with Crippen LogP contribution in [0.2, 0.25) is 5.02 Å². The van der Waals surface area contributed by atoms with Crippen molar-refractivity contribution in [3.63, 3.8) is 0 Å². The Morgan fingerprint density at radius 1 is 1.21 bits per heavy atom. The molecule has 3 rings (SSSR count). The third kappa shape index (κ3) is 4.15. The number of rotatable bonds is 4. The minimum atomic E-state index is -0.245. The van der Waals surface area contributed by atoms with E-state index in [4.69, 9.17) is 11.6 Å². The number of benzene rings is 2. The van der Waals surface area contributed by atoms with Crippen molar-refractivity contribution in [2.24, 2.45) is 10.2 Å². The highest BCUT2D eigenvalue weighted by atomic mass is 35.5. The van der Waals surface area contributed by atoms with Gasteiger partial charge in [-0.05, 0) is 36.2 Å². The van der Waals surface area contributed by atoms with Crippen molar-refractivity contribution < 1.29 is 9.90 Å². The third-order valence-electron chi connectivity index (χ3n) is 3.39. The number of amidine groups is 1. The molecular formula is C17H14ClN3O2S. The predicted molar refractivity (Wildman–Crippen MR) is 97.8 cm³/mol. The normalized spacial score (nSPS) is 19.1. The summed E-state index contributed by atoms with van der Waals surface area (Å²) in [4.78, 5) is 12.0. The highest BCUT2D eigenvalue weighted by Crippen LogP contribution is 2.24. The molecule has 1 aliphatic heterocycles. The van der Waals surface area contributed by atoms with Gasteiger partial charge in [0, 0.05) is 10.6 Å². The number of thioether (sulfide) groups is 1. The second-order valence-corrected chi connectivity index (χ2v) is 6.76. The van der Waals surface area contributed by atoms with Crippen LogP contribution in [0.4, 0.5) is 0 Å². The van der Waals surface area contributed by atoms with E-state index in [2.05, 4.69) is 15.5 Å². The van der Waals surface area contributed by atoms with E-state index < -0.39 is 0 Å². The molecule has 7 heteroatoms. The van der Waals surface area contributed by atoms with Gasteiger partial charge in [0.2, 0.25) is 5.91 Å². The molecule has 122 valence electrons. The summed E-state index contributed by atoms with van der Waals surface area (Å²) in [6.45, 7) is 0. The smallest absolute Gasteiger partial charge is 0.239 e. The fraction of sp³-hybridized carbons (Fsp3) is 0.118. The molecule has 1 saturated heterocycles. The second kappa shape index (κ2) is 7.51. The van der Waals surface area contributed by atoms with Gasteiger partial charge in [-0.15, -0.1) is 5.10 Å². The molecule has 0 spiro atoms. The Kier molecular flexibility index (Phi) is 5.17.